The highest BCUT2D eigenvalue weighted by Gasteiger charge is 2.22. The number of nitrogens with zero attached hydrogens (tertiary/aromatic N) is 2. The van der Waals surface area contributed by atoms with E-state index >= 15 is 0 Å². The lowest BCUT2D eigenvalue weighted by Gasteiger charge is -2.32. The van der Waals surface area contributed by atoms with E-state index in [0.717, 1.165) is 36.2 Å². The Hall–Kier alpha value is -1.14. The van der Waals surface area contributed by atoms with E-state index in [2.05, 4.69) is 26.2 Å². The summed E-state index contributed by atoms with van der Waals surface area (Å²) in [5.41, 5.74) is 0. The summed E-state index contributed by atoms with van der Waals surface area (Å²) in [6, 6.07) is 4.31. The number of hydrogen-bond donors (Lipinski definition) is 1. The smallest absolute Gasteiger partial charge is 0.224 e. The van der Waals surface area contributed by atoms with Crippen LogP contribution in [0, 0.1) is 0 Å². The van der Waals surface area contributed by atoms with Gasteiger partial charge >= 0.3 is 0 Å². The zero-order valence-electron chi connectivity index (χ0n) is 11.6. The van der Waals surface area contributed by atoms with Gasteiger partial charge in [0.2, 0.25) is 5.91 Å². The van der Waals surface area contributed by atoms with E-state index in [1.807, 2.05) is 17.0 Å². The monoisotopic (exact) mass is 341 g/mol. The maximum absolute atomic E-state index is 11.9. The van der Waals surface area contributed by atoms with Gasteiger partial charge in [-0.05, 0) is 40.9 Å². The highest BCUT2D eigenvalue weighted by atomic mass is 79.9. The molecule has 1 saturated heterocycles. The number of pyridine rings is 1. The molecule has 1 aliphatic heterocycles. The summed E-state index contributed by atoms with van der Waals surface area (Å²) in [4.78, 5) is 18.1. The molecule has 1 aromatic rings. The fourth-order valence-corrected chi connectivity index (χ4v) is 2.53. The van der Waals surface area contributed by atoms with Crippen LogP contribution in [0.3, 0.4) is 0 Å². The number of likely N-dealkylation sites (tertiary alicyclic amines) is 1. The number of carbonyl (C=O) groups excluding carboxylic acids is 1. The first-order valence-electron chi connectivity index (χ1n) is 6.84. The van der Waals surface area contributed by atoms with Crippen molar-refractivity contribution in [3.63, 3.8) is 0 Å². The van der Waals surface area contributed by atoms with Crippen LogP contribution in [-0.2, 0) is 9.53 Å². The lowest BCUT2D eigenvalue weighted by Crippen LogP contribution is -2.42. The molecule has 6 heteroatoms. The van der Waals surface area contributed by atoms with Crippen molar-refractivity contribution < 1.29 is 9.53 Å². The van der Waals surface area contributed by atoms with E-state index in [0.29, 0.717) is 19.1 Å². The number of amides is 1. The summed E-state index contributed by atoms with van der Waals surface area (Å²) in [5, 5.41) is 3.42. The van der Waals surface area contributed by atoms with Gasteiger partial charge in [-0.2, -0.15) is 0 Å². The van der Waals surface area contributed by atoms with Crippen LogP contribution in [0.5, 0.6) is 0 Å². The number of rotatable bonds is 5. The molecule has 1 aliphatic rings. The molecule has 0 bridgehead atoms. The average molecular weight is 342 g/mol. The lowest BCUT2D eigenvalue weighted by atomic mass is 10.0. The zero-order valence-corrected chi connectivity index (χ0v) is 13.2. The molecule has 0 atom stereocenters. The van der Waals surface area contributed by atoms with E-state index in [1.165, 1.54) is 0 Å². The van der Waals surface area contributed by atoms with Crippen molar-refractivity contribution in [2.24, 2.45) is 0 Å². The first-order valence-corrected chi connectivity index (χ1v) is 7.63. The second-order valence-corrected chi connectivity index (χ2v) is 5.82. The van der Waals surface area contributed by atoms with Gasteiger partial charge in [-0.1, -0.05) is 0 Å². The summed E-state index contributed by atoms with van der Waals surface area (Å²) in [6.45, 7) is 2.10. The SMILES string of the molecule is COCCC(=O)N1CCC(Nc2ccc(Br)cn2)CC1. The van der Waals surface area contributed by atoms with E-state index in [9.17, 15) is 4.79 Å². The molecule has 20 heavy (non-hydrogen) atoms. The van der Waals surface area contributed by atoms with Crippen molar-refractivity contribution in [2.45, 2.75) is 25.3 Å². The van der Waals surface area contributed by atoms with Crippen LogP contribution in [-0.4, -0.2) is 48.6 Å². The number of halogens is 1. The zero-order chi connectivity index (χ0) is 14.4. The predicted molar refractivity (Wildman–Crippen MR) is 81.7 cm³/mol. The van der Waals surface area contributed by atoms with Crippen LogP contribution in [0.4, 0.5) is 5.82 Å². The summed E-state index contributed by atoms with van der Waals surface area (Å²) in [7, 11) is 1.62. The molecule has 110 valence electrons. The molecule has 1 amide bonds. The van der Waals surface area contributed by atoms with Crippen LogP contribution in [0.15, 0.2) is 22.8 Å². The number of ether oxygens (including phenoxy) is 1. The van der Waals surface area contributed by atoms with E-state index in [-0.39, 0.29) is 5.91 Å². The van der Waals surface area contributed by atoms with Crippen molar-refractivity contribution >= 4 is 27.7 Å². The van der Waals surface area contributed by atoms with Crippen molar-refractivity contribution in [1.82, 2.24) is 9.88 Å². The number of anilines is 1. The van der Waals surface area contributed by atoms with Gasteiger partial charge in [0.1, 0.15) is 5.82 Å². The van der Waals surface area contributed by atoms with Gasteiger partial charge in [-0.25, -0.2) is 4.98 Å². The molecule has 1 fully saturated rings. The highest BCUT2D eigenvalue weighted by Crippen LogP contribution is 2.17. The third-order valence-electron chi connectivity index (χ3n) is 3.45. The van der Waals surface area contributed by atoms with Gasteiger partial charge in [-0.3, -0.25) is 4.79 Å². The molecule has 5 nitrogen and oxygen atoms in total. The molecule has 0 unspecified atom stereocenters. The van der Waals surface area contributed by atoms with Crippen LogP contribution in [0.2, 0.25) is 0 Å². The topological polar surface area (TPSA) is 54.5 Å². The quantitative estimate of drug-likeness (QED) is 0.892. The Morgan fingerprint density at radius 3 is 2.85 bits per heavy atom. The molecule has 2 heterocycles. The molecular formula is C14H20BrN3O2. The maximum atomic E-state index is 11.9. The molecule has 0 aliphatic carbocycles. The second kappa shape index (κ2) is 7.59. The van der Waals surface area contributed by atoms with Crippen LogP contribution < -0.4 is 5.32 Å². The minimum atomic E-state index is 0.187. The summed E-state index contributed by atoms with van der Waals surface area (Å²) in [6.07, 6.45) is 4.17. The molecule has 0 spiro atoms. The van der Waals surface area contributed by atoms with Crippen molar-refractivity contribution in [3.05, 3.63) is 22.8 Å². The first-order chi connectivity index (χ1) is 9.69. The van der Waals surface area contributed by atoms with Gasteiger partial charge in [0.25, 0.3) is 0 Å². The Kier molecular flexibility index (Phi) is 5.79. The minimum Gasteiger partial charge on any atom is -0.384 e. The molecular weight excluding hydrogens is 322 g/mol. The number of aromatic nitrogens is 1. The van der Waals surface area contributed by atoms with Gasteiger partial charge in [0.15, 0.2) is 0 Å². The molecule has 0 radical (unpaired) electrons. The number of piperidine rings is 1. The van der Waals surface area contributed by atoms with Gasteiger partial charge in [-0.15, -0.1) is 0 Å². The van der Waals surface area contributed by atoms with Crippen molar-refractivity contribution in [1.29, 1.82) is 0 Å². The summed E-state index contributed by atoms with van der Waals surface area (Å²) >= 11 is 3.37. The summed E-state index contributed by atoms with van der Waals surface area (Å²) in [5.74, 6) is 1.07. The van der Waals surface area contributed by atoms with Crippen LogP contribution in [0.25, 0.3) is 0 Å². The van der Waals surface area contributed by atoms with Gasteiger partial charge in [0.05, 0.1) is 13.0 Å². The molecule has 0 saturated carbocycles. The Balaban J connectivity index is 1.76. The fourth-order valence-electron chi connectivity index (χ4n) is 2.29. The molecule has 2 rings (SSSR count). The Bertz CT molecular complexity index is 431. The van der Waals surface area contributed by atoms with Crippen molar-refractivity contribution in [3.8, 4) is 0 Å². The number of hydrogen-bond acceptors (Lipinski definition) is 4. The van der Waals surface area contributed by atoms with E-state index < -0.39 is 0 Å². The third-order valence-corrected chi connectivity index (χ3v) is 3.92. The maximum Gasteiger partial charge on any atom is 0.224 e. The van der Waals surface area contributed by atoms with Crippen LogP contribution >= 0.6 is 15.9 Å². The van der Waals surface area contributed by atoms with Gasteiger partial charge in [0, 0.05) is 36.9 Å². The largest absolute Gasteiger partial charge is 0.384 e. The predicted octanol–water partition coefficient (Wildman–Crippen LogP) is 2.28. The van der Waals surface area contributed by atoms with E-state index in [1.54, 1.807) is 13.3 Å². The Labute approximate surface area is 127 Å². The summed E-state index contributed by atoms with van der Waals surface area (Å²) < 4.78 is 5.91. The molecule has 1 aromatic heterocycles. The third kappa shape index (κ3) is 4.45. The number of nitrogens with one attached hydrogen (secondary N) is 1. The first kappa shape index (κ1) is 15.3. The highest BCUT2D eigenvalue weighted by molar-refractivity contribution is 9.10. The molecule has 0 aromatic carbocycles. The second-order valence-electron chi connectivity index (χ2n) is 4.90. The van der Waals surface area contributed by atoms with Gasteiger partial charge < -0.3 is 15.0 Å². The van der Waals surface area contributed by atoms with E-state index in [4.69, 9.17) is 4.74 Å². The Morgan fingerprint density at radius 2 is 2.25 bits per heavy atom. The number of carbonyl (C=O) groups is 1. The Morgan fingerprint density at radius 1 is 1.50 bits per heavy atom. The normalized spacial score (nSPS) is 16.2. The lowest BCUT2D eigenvalue weighted by molar-refractivity contribution is -0.133. The molecule has 1 N–H and O–H groups in total. The standard InChI is InChI=1S/C14H20BrN3O2/c1-20-9-6-14(19)18-7-4-12(5-8-18)17-13-3-2-11(15)10-16-13/h2-3,10,12H,4-9H2,1H3,(H,16,17). The fraction of sp³-hybridized carbons (Fsp3) is 0.571. The van der Waals surface area contributed by atoms with Crippen molar-refractivity contribution in [2.75, 3.05) is 32.1 Å². The average Bonchev–Trinajstić information content (AvgIpc) is 2.48. The minimum absolute atomic E-state index is 0.187. The number of methoxy groups -OCH3 is 1. The van der Waals surface area contributed by atoms with Crippen LogP contribution in [0.1, 0.15) is 19.3 Å².